The first kappa shape index (κ1) is 11.3. The molecule has 0 saturated carbocycles. The van der Waals surface area contributed by atoms with Gasteiger partial charge < -0.3 is 0 Å². The van der Waals surface area contributed by atoms with Gasteiger partial charge in [0, 0.05) is 0 Å². The predicted molar refractivity (Wildman–Crippen MR) is 64.0 cm³/mol. The van der Waals surface area contributed by atoms with Gasteiger partial charge in [-0.05, 0) is 34.9 Å². The van der Waals surface area contributed by atoms with Gasteiger partial charge in [-0.1, -0.05) is 52.8 Å². The second-order valence-corrected chi connectivity index (χ2v) is 5.44. The van der Waals surface area contributed by atoms with E-state index in [1.165, 1.54) is 16.7 Å². The van der Waals surface area contributed by atoms with E-state index in [4.69, 9.17) is 0 Å². The third kappa shape index (κ3) is 2.17. The molecule has 0 unspecified atom stereocenters. The molecule has 0 aromatic heterocycles. The Bertz CT molecular complexity index is 313. The fraction of sp³-hybridized carbons (Fsp3) is 0.571. The van der Waals surface area contributed by atoms with Crippen LogP contribution in [0.5, 0.6) is 0 Å². The smallest absolute Gasteiger partial charge is 0.0129 e. The van der Waals surface area contributed by atoms with Crippen molar-refractivity contribution < 1.29 is 0 Å². The normalized spacial score (nSPS) is 12.2. The number of hydrogen-bond donors (Lipinski definition) is 0. The second-order valence-electron chi connectivity index (χ2n) is 5.44. The van der Waals surface area contributed by atoms with Crippen LogP contribution in [0, 0.1) is 6.92 Å². The van der Waals surface area contributed by atoms with Crippen LogP contribution in [0.1, 0.15) is 57.2 Å². The van der Waals surface area contributed by atoms with E-state index in [2.05, 4.69) is 59.7 Å². The summed E-state index contributed by atoms with van der Waals surface area (Å²) in [5, 5.41) is 0. The molecular formula is C14H22. The van der Waals surface area contributed by atoms with Crippen molar-refractivity contribution in [1.82, 2.24) is 0 Å². The first-order valence-corrected chi connectivity index (χ1v) is 5.44. The lowest BCUT2D eigenvalue weighted by Crippen LogP contribution is -2.15. The van der Waals surface area contributed by atoms with E-state index in [1.807, 2.05) is 0 Å². The highest BCUT2D eigenvalue weighted by atomic mass is 14.2. The Labute approximate surface area is 88.4 Å². The van der Waals surface area contributed by atoms with Crippen LogP contribution in [-0.4, -0.2) is 0 Å². The summed E-state index contributed by atoms with van der Waals surface area (Å²) in [6, 6.07) is 6.65. The number of hydrogen-bond acceptors (Lipinski definition) is 0. The zero-order valence-corrected chi connectivity index (χ0v) is 10.3. The van der Waals surface area contributed by atoms with Crippen molar-refractivity contribution in [2.75, 3.05) is 0 Å². The predicted octanol–water partition coefficient (Wildman–Crippen LogP) is 4.42. The first-order chi connectivity index (χ1) is 6.34. The molecule has 0 bridgehead atoms. The molecule has 0 heteroatoms. The second kappa shape index (κ2) is 3.76. The van der Waals surface area contributed by atoms with Gasteiger partial charge in [0.25, 0.3) is 0 Å². The summed E-state index contributed by atoms with van der Waals surface area (Å²) < 4.78 is 0. The lowest BCUT2D eigenvalue weighted by atomic mass is 9.79. The summed E-state index contributed by atoms with van der Waals surface area (Å²) in [7, 11) is 0. The van der Waals surface area contributed by atoms with Crippen LogP contribution in [0.4, 0.5) is 0 Å². The molecule has 0 heterocycles. The van der Waals surface area contributed by atoms with E-state index in [9.17, 15) is 0 Å². The van der Waals surface area contributed by atoms with E-state index < -0.39 is 0 Å². The third-order valence-electron chi connectivity index (χ3n) is 2.71. The molecule has 14 heavy (non-hydrogen) atoms. The first-order valence-electron chi connectivity index (χ1n) is 5.44. The minimum atomic E-state index is 0.256. The molecule has 0 amide bonds. The maximum Gasteiger partial charge on any atom is -0.0129 e. The number of aryl methyl sites for hydroxylation is 1. The summed E-state index contributed by atoms with van der Waals surface area (Å²) in [5.41, 5.74) is 4.70. The average molecular weight is 190 g/mol. The van der Waals surface area contributed by atoms with Crippen LogP contribution in [0.25, 0.3) is 0 Å². The third-order valence-corrected chi connectivity index (χ3v) is 2.71. The van der Waals surface area contributed by atoms with Crippen molar-refractivity contribution in [3.8, 4) is 0 Å². The van der Waals surface area contributed by atoms with E-state index in [1.54, 1.807) is 0 Å². The minimum Gasteiger partial charge on any atom is -0.0617 e. The maximum absolute atomic E-state index is 2.29. The summed E-state index contributed by atoms with van der Waals surface area (Å²) in [6.07, 6.45) is 0. The van der Waals surface area contributed by atoms with Gasteiger partial charge in [0.1, 0.15) is 0 Å². The molecule has 1 aromatic rings. The van der Waals surface area contributed by atoms with E-state index in [0.29, 0.717) is 5.92 Å². The maximum atomic E-state index is 2.29. The monoisotopic (exact) mass is 190 g/mol. The van der Waals surface area contributed by atoms with Crippen LogP contribution in [0.3, 0.4) is 0 Å². The van der Waals surface area contributed by atoms with Gasteiger partial charge in [-0.2, -0.15) is 0 Å². The molecule has 0 aliphatic rings. The van der Waals surface area contributed by atoms with Crippen LogP contribution in [0.15, 0.2) is 18.2 Å². The molecule has 78 valence electrons. The molecule has 1 rings (SSSR count). The van der Waals surface area contributed by atoms with E-state index in [-0.39, 0.29) is 5.41 Å². The van der Waals surface area contributed by atoms with Crippen LogP contribution < -0.4 is 0 Å². The van der Waals surface area contributed by atoms with Crippen LogP contribution in [-0.2, 0) is 5.41 Å². The quantitative estimate of drug-likeness (QED) is 0.615. The van der Waals surface area contributed by atoms with Gasteiger partial charge in [-0.15, -0.1) is 0 Å². The SMILES string of the molecule is Cc1cccc(C(C)(C)C)c1C(C)C. The molecule has 0 atom stereocenters. The van der Waals surface area contributed by atoms with Gasteiger partial charge in [0.2, 0.25) is 0 Å². The van der Waals surface area contributed by atoms with Crippen molar-refractivity contribution >= 4 is 0 Å². The number of rotatable bonds is 1. The lowest BCUT2D eigenvalue weighted by Gasteiger charge is -2.26. The van der Waals surface area contributed by atoms with Gasteiger partial charge in [-0.25, -0.2) is 0 Å². The summed E-state index contributed by atoms with van der Waals surface area (Å²) in [4.78, 5) is 0. The largest absolute Gasteiger partial charge is 0.0617 e. The molecular weight excluding hydrogens is 168 g/mol. The van der Waals surface area contributed by atoms with Crippen molar-refractivity contribution in [3.05, 3.63) is 34.9 Å². The van der Waals surface area contributed by atoms with Gasteiger partial charge in [0.15, 0.2) is 0 Å². The highest BCUT2D eigenvalue weighted by Crippen LogP contribution is 2.32. The van der Waals surface area contributed by atoms with Gasteiger partial charge in [-0.3, -0.25) is 0 Å². The summed E-state index contributed by atoms with van der Waals surface area (Å²) in [6.45, 7) is 13.6. The van der Waals surface area contributed by atoms with Crippen LogP contribution >= 0.6 is 0 Å². The Morgan fingerprint density at radius 1 is 1.07 bits per heavy atom. The standard InChI is InChI=1S/C14H22/c1-10(2)13-11(3)8-7-9-12(13)14(4,5)6/h7-10H,1-6H3. The Kier molecular flexibility index (Phi) is 3.04. The van der Waals surface area contributed by atoms with Gasteiger partial charge >= 0.3 is 0 Å². The average Bonchev–Trinajstić information content (AvgIpc) is 2.01. The van der Waals surface area contributed by atoms with Crippen molar-refractivity contribution in [2.45, 2.75) is 52.9 Å². The molecule has 0 radical (unpaired) electrons. The van der Waals surface area contributed by atoms with E-state index in [0.717, 1.165) is 0 Å². The molecule has 0 spiro atoms. The molecule has 0 N–H and O–H groups in total. The van der Waals surface area contributed by atoms with E-state index >= 15 is 0 Å². The molecule has 0 fully saturated rings. The Morgan fingerprint density at radius 2 is 1.64 bits per heavy atom. The Balaban J connectivity index is 3.36. The van der Waals surface area contributed by atoms with Crippen LogP contribution in [0.2, 0.25) is 0 Å². The fourth-order valence-corrected chi connectivity index (χ4v) is 2.10. The molecule has 0 saturated heterocycles. The Morgan fingerprint density at radius 3 is 2.00 bits per heavy atom. The zero-order valence-electron chi connectivity index (χ0n) is 10.3. The fourth-order valence-electron chi connectivity index (χ4n) is 2.10. The van der Waals surface area contributed by atoms with Crippen molar-refractivity contribution in [2.24, 2.45) is 0 Å². The summed E-state index contributed by atoms with van der Waals surface area (Å²) in [5.74, 6) is 0.616. The highest BCUT2D eigenvalue weighted by Gasteiger charge is 2.19. The summed E-state index contributed by atoms with van der Waals surface area (Å²) >= 11 is 0. The zero-order chi connectivity index (χ0) is 10.9. The van der Waals surface area contributed by atoms with Gasteiger partial charge in [0.05, 0.1) is 0 Å². The highest BCUT2D eigenvalue weighted by molar-refractivity contribution is 5.40. The van der Waals surface area contributed by atoms with Crippen molar-refractivity contribution in [3.63, 3.8) is 0 Å². The minimum absolute atomic E-state index is 0.256. The topological polar surface area (TPSA) is 0 Å². The lowest BCUT2D eigenvalue weighted by molar-refractivity contribution is 0.576. The molecule has 0 aliphatic heterocycles. The number of benzene rings is 1. The van der Waals surface area contributed by atoms with Crippen molar-refractivity contribution in [1.29, 1.82) is 0 Å². The molecule has 1 aromatic carbocycles. The molecule has 0 nitrogen and oxygen atoms in total. The Hall–Kier alpha value is -0.780. The molecule has 0 aliphatic carbocycles.